The fraction of sp³-hybridized carbons (Fsp3) is 0.750. The molecule has 0 saturated carbocycles. The van der Waals surface area contributed by atoms with Crippen molar-refractivity contribution in [3.63, 3.8) is 0 Å². The molecule has 0 aliphatic carbocycles. The van der Waals surface area contributed by atoms with Crippen LogP contribution in [0.3, 0.4) is 0 Å². The van der Waals surface area contributed by atoms with Crippen LogP contribution in [0, 0.1) is 0 Å². The van der Waals surface area contributed by atoms with Crippen molar-refractivity contribution in [1.82, 2.24) is 9.80 Å². The molecular formula is C12H20N4. The summed E-state index contributed by atoms with van der Waals surface area (Å²) < 4.78 is 0. The van der Waals surface area contributed by atoms with Crippen molar-refractivity contribution in [2.75, 3.05) is 26.2 Å². The molecule has 2 unspecified atom stereocenters. The van der Waals surface area contributed by atoms with Crippen molar-refractivity contribution in [2.45, 2.75) is 30.8 Å². The van der Waals surface area contributed by atoms with Crippen molar-refractivity contribution in [2.24, 2.45) is 10.7 Å². The molecule has 1 spiro atoms. The van der Waals surface area contributed by atoms with Gasteiger partial charge in [0.2, 0.25) is 0 Å². The zero-order valence-corrected chi connectivity index (χ0v) is 9.73. The van der Waals surface area contributed by atoms with Crippen LogP contribution in [-0.2, 0) is 0 Å². The number of rotatable bonds is 2. The van der Waals surface area contributed by atoms with Crippen molar-refractivity contribution >= 4 is 5.96 Å². The largest absolute Gasteiger partial charge is 0.370 e. The summed E-state index contributed by atoms with van der Waals surface area (Å²) >= 11 is 0. The van der Waals surface area contributed by atoms with E-state index < -0.39 is 0 Å². The van der Waals surface area contributed by atoms with Gasteiger partial charge in [0.15, 0.2) is 5.96 Å². The maximum atomic E-state index is 6.01. The number of hydrogen-bond donors (Lipinski definition) is 1. The zero-order chi connectivity index (χ0) is 11.2. The third-order valence-electron chi connectivity index (χ3n) is 4.46. The van der Waals surface area contributed by atoms with Gasteiger partial charge < -0.3 is 10.6 Å². The number of hydrogen-bond acceptors (Lipinski definition) is 4. The van der Waals surface area contributed by atoms with Crippen LogP contribution in [0.5, 0.6) is 0 Å². The monoisotopic (exact) mass is 220 g/mol. The fourth-order valence-corrected chi connectivity index (χ4v) is 3.73. The first-order valence-corrected chi connectivity index (χ1v) is 6.20. The normalized spacial score (nSPS) is 38.1. The second-order valence-electron chi connectivity index (χ2n) is 5.12. The van der Waals surface area contributed by atoms with Gasteiger partial charge in [0.25, 0.3) is 0 Å². The Morgan fingerprint density at radius 1 is 1.56 bits per heavy atom. The summed E-state index contributed by atoms with van der Waals surface area (Å²) in [4.78, 5) is 9.38. The van der Waals surface area contributed by atoms with Crippen LogP contribution in [0.2, 0.25) is 0 Å². The van der Waals surface area contributed by atoms with E-state index in [9.17, 15) is 0 Å². The quantitative estimate of drug-likeness (QED) is 0.686. The van der Waals surface area contributed by atoms with Crippen molar-refractivity contribution < 1.29 is 0 Å². The lowest BCUT2D eigenvalue weighted by Gasteiger charge is -2.40. The van der Waals surface area contributed by atoms with E-state index in [1.165, 1.54) is 32.4 Å². The van der Waals surface area contributed by atoms with Crippen LogP contribution in [0.25, 0.3) is 0 Å². The topological polar surface area (TPSA) is 44.9 Å². The predicted molar refractivity (Wildman–Crippen MR) is 65.3 cm³/mol. The van der Waals surface area contributed by atoms with Crippen LogP contribution >= 0.6 is 0 Å². The van der Waals surface area contributed by atoms with Gasteiger partial charge in [0.05, 0.1) is 12.1 Å². The number of guanidine groups is 1. The molecule has 4 heteroatoms. The molecule has 0 amide bonds. The lowest BCUT2D eigenvalue weighted by Crippen LogP contribution is -2.57. The number of aliphatic imine (C=N–C) groups is 1. The highest BCUT2D eigenvalue weighted by molar-refractivity contribution is 5.81. The minimum Gasteiger partial charge on any atom is -0.370 e. The Morgan fingerprint density at radius 3 is 3.25 bits per heavy atom. The van der Waals surface area contributed by atoms with Gasteiger partial charge in [-0.15, -0.1) is 6.58 Å². The van der Waals surface area contributed by atoms with E-state index in [-0.39, 0.29) is 5.54 Å². The molecule has 3 rings (SSSR count). The first-order valence-electron chi connectivity index (χ1n) is 6.20. The molecule has 2 fully saturated rings. The van der Waals surface area contributed by atoms with Gasteiger partial charge in [-0.05, 0) is 25.8 Å². The highest BCUT2D eigenvalue weighted by Gasteiger charge is 2.54. The third-order valence-corrected chi connectivity index (χ3v) is 4.46. The lowest BCUT2D eigenvalue weighted by molar-refractivity contribution is 0.158. The SMILES string of the molecule is C=CCN1C(N)=NCC12CCN1CCCC12. The summed E-state index contributed by atoms with van der Waals surface area (Å²) in [6.45, 7) is 8.02. The molecule has 16 heavy (non-hydrogen) atoms. The summed E-state index contributed by atoms with van der Waals surface area (Å²) in [5.74, 6) is 0.716. The molecule has 3 heterocycles. The highest BCUT2D eigenvalue weighted by atomic mass is 15.4. The molecule has 0 bridgehead atoms. The van der Waals surface area contributed by atoms with E-state index in [1.807, 2.05) is 6.08 Å². The molecule has 3 aliphatic rings. The second-order valence-corrected chi connectivity index (χ2v) is 5.12. The Kier molecular flexibility index (Phi) is 2.21. The van der Waals surface area contributed by atoms with Gasteiger partial charge in [-0.2, -0.15) is 0 Å². The maximum absolute atomic E-state index is 6.01. The summed E-state index contributed by atoms with van der Waals surface area (Å²) in [6, 6.07) is 0.664. The summed E-state index contributed by atoms with van der Waals surface area (Å²) in [7, 11) is 0. The van der Waals surface area contributed by atoms with E-state index in [0.717, 1.165) is 13.1 Å². The van der Waals surface area contributed by atoms with Gasteiger partial charge in [-0.25, -0.2) is 0 Å². The molecule has 0 aromatic rings. The fourth-order valence-electron chi connectivity index (χ4n) is 3.73. The van der Waals surface area contributed by atoms with Crippen LogP contribution < -0.4 is 5.73 Å². The van der Waals surface area contributed by atoms with Crippen molar-refractivity contribution in [3.8, 4) is 0 Å². The molecule has 0 aromatic heterocycles. The molecule has 2 N–H and O–H groups in total. The average Bonchev–Trinajstić information content (AvgIpc) is 2.91. The molecule has 2 atom stereocenters. The number of nitrogens with zero attached hydrogens (tertiary/aromatic N) is 3. The summed E-state index contributed by atoms with van der Waals surface area (Å²) in [6.07, 6.45) is 5.77. The molecular weight excluding hydrogens is 200 g/mol. The lowest BCUT2D eigenvalue weighted by atomic mass is 9.87. The summed E-state index contributed by atoms with van der Waals surface area (Å²) in [5.41, 5.74) is 6.20. The minimum absolute atomic E-state index is 0.189. The molecule has 2 saturated heterocycles. The van der Waals surface area contributed by atoms with Crippen LogP contribution in [-0.4, -0.2) is 53.5 Å². The standard InChI is InChI=1S/C12H20N4/c1-2-6-16-11(13)14-9-12(16)5-8-15-7-3-4-10(12)15/h2,10H,1,3-9H2,(H2,13,14). The van der Waals surface area contributed by atoms with Crippen LogP contribution in [0.15, 0.2) is 17.6 Å². The van der Waals surface area contributed by atoms with Crippen LogP contribution in [0.4, 0.5) is 0 Å². The van der Waals surface area contributed by atoms with E-state index in [2.05, 4.69) is 21.4 Å². The molecule has 88 valence electrons. The minimum atomic E-state index is 0.189. The molecule has 3 aliphatic heterocycles. The average molecular weight is 220 g/mol. The first kappa shape index (κ1) is 10.1. The van der Waals surface area contributed by atoms with Crippen molar-refractivity contribution in [3.05, 3.63) is 12.7 Å². The van der Waals surface area contributed by atoms with E-state index in [0.29, 0.717) is 12.0 Å². The number of nitrogens with two attached hydrogens (primary N) is 1. The van der Waals surface area contributed by atoms with E-state index in [4.69, 9.17) is 5.73 Å². The van der Waals surface area contributed by atoms with Gasteiger partial charge in [-0.3, -0.25) is 9.89 Å². The Labute approximate surface area is 96.8 Å². The molecule has 0 aromatic carbocycles. The second kappa shape index (κ2) is 3.48. The zero-order valence-electron chi connectivity index (χ0n) is 9.73. The summed E-state index contributed by atoms with van der Waals surface area (Å²) in [5, 5.41) is 0. The van der Waals surface area contributed by atoms with Crippen LogP contribution in [0.1, 0.15) is 19.3 Å². The van der Waals surface area contributed by atoms with Gasteiger partial charge in [0, 0.05) is 19.1 Å². The van der Waals surface area contributed by atoms with Gasteiger partial charge >= 0.3 is 0 Å². The molecule has 0 radical (unpaired) electrons. The Morgan fingerprint density at radius 2 is 2.44 bits per heavy atom. The predicted octanol–water partition coefficient (Wildman–Crippen LogP) is 0.410. The Bertz CT molecular complexity index is 338. The van der Waals surface area contributed by atoms with E-state index in [1.54, 1.807) is 0 Å². The van der Waals surface area contributed by atoms with Crippen molar-refractivity contribution in [1.29, 1.82) is 0 Å². The Hall–Kier alpha value is -1.03. The van der Waals surface area contributed by atoms with Gasteiger partial charge in [0.1, 0.15) is 0 Å². The number of fused-ring (bicyclic) bond motifs is 2. The molecule has 4 nitrogen and oxygen atoms in total. The maximum Gasteiger partial charge on any atom is 0.192 e. The first-order chi connectivity index (χ1) is 7.78. The Balaban J connectivity index is 1.90. The smallest absolute Gasteiger partial charge is 0.192 e. The van der Waals surface area contributed by atoms with E-state index >= 15 is 0 Å². The third kappa shape index (κ3) is 1.16. The highest BCUT2D eigenvalue weighted by Crippen LogP contribution is 2.42. The van der Waals surface area contributed by atoms with Gasteiger partial charge in [-0.1, -0.05) is 6.08 Å².